The van der Waals surface area contributed by atoms with Crippen LogP contribution >= 0.6 is 0 Å². The van der Waals surface area contributed by atoms with E-state index in [1.165, 1.54) is 23.9 Å². The third-order valence-corrected chi connectivity index (χ3v) is 3.66. The van der Waals surface area contributed by atoms with Crippen LogP contribution in [0.4, 0.5) is 0 Å². The molecule has 2 rings (SSSR count). The molecule has 0 aliphatic heterocycles. The van der Waals surface area contributed by atoms with E-state index >= 15 is 0 Å². The summed E-state index contributed by atoms with van der Waals surface area (Å²) in [6.45, 7) is 0.383. The first-order chi connectivity index (χ1) is 9.57. The van der Waals surface area contributed by atoms with Gasteiger partial charge in [-0.25, -0.2) is 18.5 Å². The fraction of sp³-hybridized carbons (Fsp3) is 0.214. The molecule has 2 aromatic rings. The highest BCUT2D eigenvalue weighted by molar-refractivity contribution is 7.89. The monoisotopic (exact) mass is 292 g/mol. The van der Waals surface area contributed by atoms with Crippen molar-refractivity contribution < 1.29 is 13.2 Å². The zero-order chi connectivity index (χ0) is 14.4. The molecule has 20 heavy (non-hydrogen) atoms. The van der Waals surface area contributed by atoms with Crippen molar-refractivity contribution in [2.75, 3.05) is 6.61 Å². The highest BCUT2D eigenvalue weighted by Crippen LogP contribution is 2.18. The van der Waals surface area contributed by atoms with Gasteiger partial charge < -0.3 is 4.74 Å². The lowest BCUT2D eigenvalue weighted by molar-refractivity contribution is 0.291. The molecule has 0 aliphatic carbocycles. The fourth-order valence-electron chi connectivity index (χ4n) is 1.79. The minimum absolute atomic E-state index is 0.0584. The van der Waals surface area contributed by atoms with Gasteiger partial charge in [-0.2, -0.15) is 0 Å². The minimum Gasteiger partial charge on any atom is -0.477 e. The second kappa shape index (κ2) is 6.49. The molecular formula is C14H16N2O3S. The summed E-state index contributed by atoms with van der Waals surface area (Å²) in [5, 5.41) is 5.11. The Bertz CT molecular complexity index is 657. The van der Waals surface area contributed by atoms with Gasteiger partial charge >= 0.3 is 0 Å². The van der Waals surface area contributed by atoms with E-state index in [9.17, 15) is 8.42 Å². The SMILES string of the molecule is NS(=O)(=O)c1cccnc1OCCCc1ccccc1. The van der Waals surface area contributed by atoms with Crippen LogP contribution in [0, 0.1) is 0 Å². The number of pyridine rings is 1. The molecule has 0 saturated heterocycles. The molecule has 6 heteroatoms. The quantitative estimate of drug-likeness (QED) is 0.822. The third-order valence-electron chi connectivity index (χ3n) is 2.73. The molecule has 0 saturated carbocycles. The van der Waals surface area contributed by atoms with Crippen molar-refractivity contribution in [1.82, 2.24) is 4.98 Å². The molecule has 1 heterocycles. The number of nitrogens with zero attached hydrogens (tertiary/aromatic N) is 1. The molecule has 0 bridgehead atoms. The first-order valence-electron chi connectivity index (χ1n) is 6.22. The van der Waals surface area contributed by atoms with E-state index in [0.29, 0.717) is 6.61 Å². The molecule has 2 N–H and O–H groups in total. The Labute approximate surface area is 118 Å². The number of rotatable bonds is 6. The van der Waals surface area contributed by atoms with Gasteiger partial charge in [0, 0.05) is 6.20 Å². The number of hydrogen-bond donors (Lipinski definition) is 1. The Hall–Kier alpha value is -1.92. The molecule has 0 fully saturated rings. The summed E-state index contributed by atoms with van der Waals surface area (Å²) in [7, 11) is -3.81. The molecule has 0 radical (unpaired) electrons. The fourth-order valence-corrected chi connectivity index (χ4v) is 2.41. The second-order valence-electron chi connectivity index (χ2n) is 4.29. The van der Waals surface area contributed by atoms with Crippen molar-refractivity contribution in [3.05, 3.63) is 54.2 Å². The predicted molar refractivity (Wildman–Crippen MR) is 75.9 cm³/mol. The minimum atomic E-state index is -3.81. The summed E-state index contributed by atoms with van der Waals surface area (Å²) in [5.41, 5.74) is 1.21. The van der Waals surface area contributed by atoms with Crippen LogP contribution in [-0.2, 0) is 16.4 Å². The van der Waals surface area contributed by atoms with E-state index in [2.05, 4.69) is 4.98 Å². The summed E-state index contributed by atoms with van der Waals surface area (Å²) in [4.78, 5) is 3.82. The lowest BCUT2D eigenvalue weighted by atomic mass is 10.1. The van der Waals surface area contributed by atoms with E-state index < -0.39 is 10.0 Å². The zero-order valence-electron chi connectivity index (χ0n) is 10.9. The molecule has 0 spiro atoms. The number of aryl methyl sites for hydroxylation is 1. The maximum Gasteiger partial charge on any atom is 0.243 e. The van der Waals surface area contributed by atoms with Crippen molar-refractivity contribution in [1.29, 1.82) is 0 Å². The van der Waals surface area contributed by atoms with Crippen LogP contribution in [-0.4, -0.2) is 20.0 Å². The summed E-state index contributed by atoms with van der Waals surface area (Å²) in [5.74, 6) is 0.0584. The number of aromatic nitrogens is 1. The number of sulfonamides is 1. The van der Waals surface area contributed by atoms with Crippen LogP contribution in [0.3, 0.4) is 0 Å². The smallest absolute Gasteiger partial charge is 0.243 e. The molecular weight excluding hydrogens is 276 g/mol. The van der Waals surface area contributed by atoms with E-state index in [4.69, 9.17) is 9.88 Å². The van der Waals surface area contributed by atoms with E-state index in [1.807, 2.05) is 30.3 Å². The van der Waals surface area contributed by atoms with E-state index in [-0.39, 0.29) is 10.8 Å². The first kappa shape index (κ1) is 14.5. The molecule has 1 aromatic carbocycles. The van der Waals surface area contributed by atoms with Crippen molar-refractivity contribution in [3.8, 4) is 5.88 Å². The number of benzene rings is 1. The van der Waals surface area contributed by atoms with Gasteiger partial charge in [-0.05, 0) is 30.5 Å². The van der Waals surface area contributed by atoms with Crippen molar-refractivity contribution in [3.63, 3.8) is 0 Å². The Kier molecular flexibility index (Phi) is 4.70. The van der Waals surface area contributed by atoms with Gasteiger partial charge in [0.1, 0.15) is 4.90 Å². The molecule has 5 nitrogen and oxygen atoms in total. The highest BCUT2D eigenvalue weighted by Gasteiger charge is 2.15. The summed E-state index contributed by atoms with van der Waals surface area (Å²) in [6, 6.07) is 12.9. The first-order valence-corrected chi connectivity index (χ1v) is 7.76. The largest absolute Gasteiger partial charge is 0.477 e. The average Bonchev–Trinajstić information content (AvgIpc) is 2.44. The Morgan fingerprint density at radius 1 is 1.10 bits per heavy atom. The van der Waals surface area contributed by atoms with Gasteiger partial charge in [-0.3, -0.25) is 0 Å². The average molecular weight is 292 g/mol. The topological polar surface area (TPSA) is 82.3 Å². The predicted octanol–water partition coefficient (Wildman–Crippen LogP) is 1.74. The standard InChI is InChI=1S/C14H16N2O3S/c15-20(17,18)13-9-4-10-16-14(13)19-11-5-8-12-6-2-1-3-7-12/h1-4,6-7,9-10H,5,8,11H2,(H2,15,17,18). The maximum absolute atomic E-state index is 11.4. The second-order valence-corrected chi connectivity index (χ2v) is 5.82. The van der Waals surface area contributed by atoms with Crippen molar-refractivity contribution in [2.45, 2.75) is 17.7 Å². The molecule has 106 valence electrons. The van der Waals surface area contributed by atoms with Crippen molar-refractivity contribution in [2.24, 2.45) is 5.14 Å². The van der Waals surface area contributed by atoms with Crippen LogP contribution in [0.1, 0.15) is 12.0 Å². The molecule has 0 atom stereocenters. The van der Waals surface area contributed by atoms with E-state index in [1.54, 1.807) is 0 Å². The number of hydrogen-bond acceptors (Lipinski definition) is 4. The Morgan fingerprint density at radius 3 is 2.55 bits per heavy atom. The van der Waals surface area contributed by atoms with Crippen LogP contribution in [0.25, 0.3) is 0 Å². The maximum atomic E-state index is 11.4. The van der Waals surface area contributed by atoms with Gasteiger partial charge in [0.05, 0.1) is 6.61 Å². The molecule has 1 aromatic heterocycles. The van der Waals surface area contributed by atoms with Crippen LogP contribution in [0.15, 0.2) is 53.6 Å². The van der Waals surface area contributed by atoms with Gasteiger partial charge in [0.2, 0.25) is 15.9 Å². The molecule has 0 unspecified atom stereocenters. The van der Waals surface area contributed by atoms with Crippen LogP contribution in [0.2, 0.25) is 0 Å². The normalized spacial score (nSPS) is 11.2. The number of primary sulfonamides is 1. The summed E-state index contributed by atoms with van der Waals surface area (Å²) in [6.07, 6.45) is 3.10. The highest BCUT2D eigenvalue weighted by atomic mass is 32.2. The van der Waals surface area contributed by atoms with Gasteiger partial charge in [-0.1, -0.05) is 30.3 Å². The van der Waals surface area contributed by atoms with E-state index in [0.717, 1.165) is 12.8 Å². The Morgan fingerprint density at radius 2 is 1.85 bits per heavy atom. The van der Waals surface area contributed by atoms with Gasteiger partial charge in [0.15, 0.2) is 0 Å². The molecule has 0 amide bonds. The van der Waals surface area contributed by atoms with Crippen molar-refractivity contribution >= 4 is 10.0 Å². The summed E-state index contributed by atoms with van der Waals surface area (Å²) >= 11 is 0. The van der Waals surface area contributed by atoms with Gasteiger partial charge in [0.25, 0.3) is 0 Å². The van der Waals surface area contributed by atoms with Crippen LogP contribution < -0.4 is 9.88 Å². The zero-order valence-corrected chi connectivity index (χ0v) is 11.7. The van der Waals surface area contributed by atoms with Gasteiger partial charge in [-0.15, -0.1) is 0 Å². The number of ether oxygens (including phenoxy) is 1. The lowest BCUT2D eigenvalue weighted by Gasteiger charge is -2.08. The molecule has 0 aliphatic rings. The third kappa shape index (κ3) is 4.04. The Balaban J connectivity index is 1.92. The number of nitrogens with two attached hydrogens (primary N) is 1. The lowest BCUT2D eigenvalue weighted by Crippen LogP contribution is -2.15. The summed E-state index contributed by atoms with van der Waals surface area (Å²) < 4.78 is 28.1. The van der Waals surface area contributed by atoms with Crippen LogP contribution in [0.5, 0.6) is 5.88 Å².